The molecule has 0 bridgehead atoms. The number of aryl methyl sites for hydroxylation is 1. The lowest BCUT2D eigenvalue weighted by atomic mass is 10.2. The fraction of sp³-hybridized carbons (Fsp3) is 0.231. The average molecular weight is 289 g/mol. The van der Waals surface area contributed by atoms with Crippen molar-refractivity contribution in [2.24, 2.45) is 7.05 Å². The van der Waals surface area contributed by atoms with E-state index in [0.717, 1.165) is 5.56 Å². The summed E-state index contributed by atoms with van der Waals surface area (Å²) < 4.78 is 1.46. The van der Waals surface area contributed by atoms with Crippen molar-refractivity contribution in [1.82, 2.24) is 14.9 Å². The fourth-order valence-electron chi connectivity index (χ4n) is 1.78. The van der Waals surface area contributed by atoms with Crippen molar-refractivity contribution in [2.45, 2.75) is 6.54 Å². The molecular weight excluding hydrogens is 274 g/mol. The molecule has 2 N–H and O–H groups in total. The normalized spacial score (nSPS) is 10.1. The van der Waals surface area contributed by atoms with E-state index in [1.165, 1.54) is 10.9 Å². The van der Waals surface area contributed by atoms with E-state index in [4.69, 9.17) is 0 Å². The van der Waals surface area contributed by atoms with Crippen LogP contribution < -0.4 is 10.6 Å². The lowest BCUT2D eigenvalue weighted by molar-refractivity contribution is -0.388. The van der Waals surface area contributed by atoms with E-state index in [2.05, 4.69) is 15.6 Å². The predicted molar refractivity (Wildman–Crippen MR) is 76.6 cm³/mol. The number of benzene rings is 1. The molecule has 8 nitrogen and oxygen atoms in total. The maximum atomic E-state index is 11.7. The van der Waals surface area contributed by atoms with Gasteiger partial charge in [0.15, 0.2) is 0 Å². The molecule has 1 aromatic carbocycles. The Morgan fingerprint density at radius 1 is 1.38 bits per heavy atom. The smallest absolute Gasteiger partial charge is 0.358 e. The molecule has 2 rings (SSSR count). The average Bonchev–Trinajstić information content (AvgIpc) is 2.85. The highest BCUT2D eigenvalue weighted by Gasteiger charge is 2.20. The summed E-state index contributed by atoms with van der Waals surface area (Å²) in [5.74, 6) is -0.349. The second kappa shape index (κ2) is 6.51. The first-order valence-corrected chi connectivity index (χ1v) is 6.28. The van der Waals surface area contributed by atoms with Crippen LogP contribution in [0.2, 0.25) is 0 Å². The van der Waals surface area contributed by atoms with Gasteiger partial charge in [0.25, 0.3) is 0 Å². The Kier molecular flexibility index (Phi) is 4.50. The Labute approximate surface area is 121 Å². The van der Waals surface area contributed by atoms with Crippen molar-refractivity contribution in [3.63, 3.8) is 0 Å². The van der Waals surface area contributed by atoms with Crippen LogP contribution in [-0.2, 0) is 18.4 Å². The van der Waals surface area contributed by atoms with Gasteiger partial charge in [-0.25, -0.2) is 0 Å². The zero-order valence-corrected chi connectivity index (χ0v) is 11.4. The van der Waals surface area contributed by atoms with Crippen LogP contribution in [0.25, 0.3) is 0 Å². The fourth-order valence-corrected chi connectivity index (χ4v) is 1.78. The summed E-state index contributed by atoms with van der Waals surface area (Å²) in [6.45, 7) is 0.349. The standard InChI is InChI=1S/C13H15N5O3/c1-17-9-16-13(18(20)21)12(17)15-8-11(19)14-7-10-5-3-2-4-6-10/h2-6,9,15H,7-8H2,1H3,(H,14,19). The third kappa shape index (κ3) is 3.78. The number of amides is 1. The van der Waals surface area contributed by atoms with Crippen molar-refractivity contribution in [1.29, 1.82) is 0 Å². The van der Waals surface area contributed by atoms with Gasteiger partial charge in [-0.2, -0.15) is 0 Å². The number of hydrogen-bond donors (Lipinski definition) is 2. The van der Waals surface area contributed by atoms with Crippen molar-refractivity contribution in [3.8, 4) is 0 Å². The number of carbonyl (C=O) groups is 1. The zero-order valence-electron chi connectivity index (χ0n) is 11.4. The number of anilines is 1. The van der Waals surface area contributed by atoms with Gasteiger partial charge in [0, 0.05) is 13.6 Å². The van der Waals surface area contributed by atoms with E-state index in [1.54, 1.807) is 7.05 Å². The maximum absolute atomic E-state index is 11.7. The van der Waals surface area contributed by atoms with Gasteiger partial charge in [-0.05, 0) is 15.5 Å². The third-order valence-corrected chi connectivity index (χ3v) is 2.84. The third-order valence-electron chi connectivity index (χ3n) is 2.84. The number of imidazole rings is 1. The molecule has 1 heterocycles. The Morgan fingerprint density at radius 3 is 2.76 bits per heavy atom. The SMILES string of the molecule is Cn1cnc([N+](=O)[O-])c1NCC(=O)NCc1ccccc1. The second-order valence-corrected chi connectivity index (χ2v) is 4.40. The molecule has 21 heavy (non-hydrogen) atoms. The Balaban J connectivity index is 1.87. The molecule has 0 spiro atoms. The maximum Gasteiger partial charge on any atom is 0.406 e. The number of nitro groups is 1. The molecule has 0 aliphatic rings. The van der Waals surface area contributed by atoms with Gasteiger partial charge in [0.1, 0.15) is 0 Å². The van der Waals surface area contributed by atoms with E-state index in [0.29, 0.717) is 6.54 Å². The molecule has 2 aromatic rings. The van der Waals surface area contributed by atoms with Crippen LogP contribution in [0.15, 0.2) is 36.7 Å². The first-order valence-electron chi connectivity index (χ1n) is 6.28. The van der Waals surface area contributed by atoms with Crippen LogP contribution >= 0.6 is 0 Å². The van der Waals surface area contributed by atoms with Crippen LogP contribution in [0.4, 0.5) is 11.6 Å². The van der Waals surface area contributed by atoms with Crippen LogP contribution in [0.5, 0.6) is 0 Å². The summed E-state index contributed by atoms with van der Waals surface area (Å²) >= 11 is 0. The molecule has 0 unspecified atom stereocenters. The summed E-state index contributed by atoms with van der Waals surface area (Å²) in [5.41, 5.74) is 0.984. The summed E-state index contributed by atoms with van der Waals surface area (Å²) in [5, 5.41) is 16.2. The molecule has 8 heteroatoms. The molecule has 1 aromatic heterocycles. The minimum Gasteiger partial charge on any atom is -0.358 e. The highest BCUT2D eigenvalue weighted by molar-refractivity contribution is 5.81. The molecule has 1 amide bonds. The quantitative estimate of drug-likeness (QED) is 0.611. The number of nitrogens with one attached hydrogen (secondary N) is 2. The van der Waals surface area contributed by atoms with Crippen LogP contribution in [0.3, 0.4) is 0 Å². The highest BCUT2D eigenvalue weighted by Crippen LogP contribution is 2.20. The predicted octanol–water partition coefficient (Wildman–Crippen LogP) is 1.06. The van der Waals surface area contributed by atoms with Crippen LogP contribution in [0, 0.1) is 10.1 Å². The number of rotatable bonds is 6. The number of hydrogen-bond acceptors (Lipinski definition) is 5. The first-order chi connectivity index (χ1) is 10.1. The van der Waals surface area contributed by atoms with Crippen molar-refractivity contribution >= 4 is 17.5 Å². The van der Waals surface area contributed by atoms with Gasteiger partial charge in [0.05, 0.1) is 6.54 Å². The molecule has 110 valence electrons. The van der Waals surface area contributed by atoms with Crippen LogP contribution in [0.1, 0.15) is 5.56 Å². The topological polar surface area (TPSA) is 102 Å². The van der Waals surface area contributed by atoms with E-state index in [-0.39, 0.29) is 24.1 Å². The Morgan fingerprint density at radius 2 is 2.10 bits per heavy atom. The van der Waals surface area contributed by atoms with Crippen molar-refractivity contribution in [3.05, 3.63) is 52.3 Å². The summed E-state index contributed by atoms with van der Waals surface area (Å²) in [4.78, 5) is 25.6. The van der Waals surface area contributed by atoms with Crippen molar-refractivity contribution < 1.29 is 9.72 Å². The molecule has 0 radical (unpaired) electrons. The lowest BCUT2D eigenvalue weighted by Gasteiger charge is -2.07. The summed E-state index contributed by atoms with van der Waals surface area (Å²) in [6.07, 6.45) is 1.32. The van der Waals surface area contributed by atoms with E-state index >= 15 is 0 Å². The highest BCUT2D eigenvalue weighted by atomic mass is 16.6. The first kappa shape index (κ1) is 14.5. The van der Waals surface area contributed by atoms with E-state index < -0.39 is 4.92 Å². The summed E-state index contributed by atoms with van der Waals surface area (Å²) in [7, 11) is 1.62. The monoisotopic (exact) mass is 289 g/mol. The number of nitrogens with zero attached hydrogens (tertiary/aromatic N) is 3. The molecule has 0 fully saturated rings. The summed E-state index contributed by atoms with van der Waals surface area (Å²) in [6, 6.07) is 9.48. The number of carbonyl (C=O) groups excluding carboxylic acids is 1. The van der Waals surface area contributed by atoms with Gasteiger partial charge in [-0.3, -0.25) is 9.36 Å². The zero-order chi connectivity index (χ0) is 15.2. The Bertz CT molecular complexity index is 639. The minimum absolute atomic E-state index is 0.0623. The van der Waals surface area contributed by atoms with Crippen molar-refractivity contribution in [2.75, 3.05) is 11.9 Å². The number of aromatic nitrogens is 2. The van der Waals surface area contributed by atoms with Crippen LogP contribution in [-0.4, -0.2) is 26.9 Å². The van der Waals surface area contributed by atoms with Gasteiger partial charge >= 0.3 is 5.82 Å². The molecule has 0 saturated carbocycles. The largest absolute Gasteiger partial charge is 0.406 e. The lowest BCUT2D eigenvalue weighted by Crippen LogP contribution is -2.29. The van der Waals surface area contributed by atoms with Gasteiger partial charge in [-0.15, -0.1) is 0 Å². The van der Waals surface area contributed by atoms with E-state index in [9.17, 15) is 14.9 Å². The van der Waals surface area contributed by atoms with Gasteiger partial charge in [-0.1, -0.05) is 30.3 Å². The minimum atomic E-state index is -0.593. The van der Waals surface area contributed by atoms with E-state index in [1.807, 2.05) is 30.3 Å². The molecule has 0 aliphatic carbocycles. The van der Waals surface area contributed by atoms with Gasteiger partial charge < -0.3 is 20.7 Å². The van der Waals surface area contributed by atoms with Gasteiger partial charge in [0.2, 0.25) is 18.1 Å². The molecule has 0 aliphatic heterocycles. The Hall–Kier alpha value is -2.90. The molecule has 0 saturated heterocycles. The molecule has 0 atom stereocenters. The molecular formula is C13H15N5O3. The second-order valence-electron chi connectivity index (χ2n) is 4.40.